The second-order valence-electron chi connectivity index (χ2n) is 5.15. The Hall–Kier alpha value is -1.13. The van der Waals surface area contributed by atoms with Crippen LogP contribution in [0.3, 0.4) is 0 Å². The summed E-state index contributed by atoms with van der Waals surface area (Å²) in [5, 5.41) is 2.71. The molecular weight excluding hydrogens is 254 g/mol. The van der Waals surface area contributed by atoms with Crippen LogP contribution in [0.1, 0.15) is 32.1 Å². The number of hydrogen-bond donors (Lipinski definition) is 1. The molecule has 1 fully saturated rings. The van der Waals surface area contributed by atoms with Crippen LogP contribution in [-0.2, 0) is 0 Å². The maximum absolute atomic E-state index is 6.31. The molecule has 2 N–H and O–H groups in total. The Morgan fingerprint density at radius 3 is 2.84 bits per heavy atom. The van der Waals surface area contributed by atoms with Crippen LogP contribution in [0.2, 0.25) is 0 Å². The Morgan fingerprint density at radius 2 is 1.89 bits per heavy atom. The fourth-order valence-electron chi connectivity index (χ4n) is 2.67. The highest BCUT2D eigenvalue weighted by Gasteiger charge is 2.22. The van der Waals surface area contributed by atoms with E-state index >= 15 is 0 Å². The van der Waals surface area contributed by atoms with Gasteiger partial charge in [0.15, 0.2) is 0 Å². The summed E-state index contributed by atoms with van der Waals surface area (Å²) in [6, 6.07) is 8.49. The number of thioether (sulfide) groups is 1. The van der Waals surface area contributed by atoms with Crippen LogP contribution >= 0.6 is 11.8 Å². The number of rotatable bonds is 2. The third-order valence-corrected chi connectivity index (χ3v) is 5.21. The molecule has 3 nitrogen and oxygen atoms in total. The first-order valence-corrected chi connectivity index (χ1v) is 7.84. The molecule has 100 valence electrons. The molecule has 2 atom stereocenters. The van der Waals surface area contributed by atoms with Gasteiger partial charge in [-0.2, -0.15) is 0 Å². The molecule has 0 bridgehead atoms. The van der Waals surface area contributed by atoms with E-state index in [1.807, 2.05) is 30.0 Å². The number of fused-ring (bicyclic) bond motifs is 1. The van der Waals surface area contributed by atoms with Crippen molar-refractivity contribution in [2.24, 2.45) is 5.73 Å². The minimum Gasteiger partial charge on any atom is -0.327 e. The van der Waals surface area contributed by atoms with Crippen LogP contribution in [0, 0.1) is 0 Å². The lowest BCUT2D eigenvalue weighted by atomic mass is 10.1. The Labute approximate surface area is 118 Å². The first-order valence-electron chi connectivity index (χ1n) is 6.96. The fourth-order valence-corrected chi connectivity index (χ4v) is 3.96. The van der Waals surface area contributed by atoms with Gasteiger partial charge in [0.05, 0.1) is 5.52 Å². The monoisotopic (exact) mass is 273 g/mol. The zero-order valence-electron chi connectivity index (χ0n) is 11.0. The minimum absolute atomic E-state index is 0.293. The lowest BCUT2D eigenvalue weighted by Gasteiger charge is -2.20. The van der Waals surface area contributed by atoms with Gasteiger partial charge in [0, 0.05) is 16.7 Å². The summed E-state index contributed by atoms with van der Waals surface area (Å²) in [6.45, 7) is 0. The van der Waals surface area contributed by atoms with Gasteiger partial charge < -0.3 is 5.73 Å². The van der Waals surface area contributed by atoms with Crippen molar-refractivity contribution in [2.75, 3.05) is 0 Å². The highest BCUT2D eigenvalue weighted by Crippen LogP contribution is 2.34. The van der Waals surface area contributed by atoms with Crippen LogP contribution in [-0.4, -0.2) is 21.3 Å². The molecule has 0 radical (unpaired) electrons. The van der Waals surface area contributed by atoms with Crippen molar-refractivity contribution < 1.29 is 0 Å². The van der Waals surface area contributed by atoms with E-state index in [1.165, 1.54) is 25.7 Å². The molecule has 3 rings (SSSR count). The summed E-state index contributed by atoms with van der Waals surface area (Å²) in [4.78, 5) is 8.78. The molecule has 4 heteroatoms. The molecule has 2 aromatic rings. The van der Waals surface area contributed by atoms with Gasteiger partial charge in [-0.15, -0.1) is 11.8 Å². The van der Waals surface area contributed by atoms with Crippen molar-refractivity contribution in [3.8, 4) is 0 Å². The van der Waals surface area contributed by atoms with Crippen LogP contribution in [0.4, 0.5) is 0 Å². The van der Waals surface area contributed by atoms with Crippen molar-refractivity contribution >= 4 is 22.7 Å². The molecule has 19 heavy (non-hydrogen) atoms. The molecule has 1 aromatic carbocycles. The zero-order valence-corrected chi connectivity index (χ0v) is 11.8. The van der Waals surface area contributed by atoms with Crippen LogP contribution in [0.5, 0.6) is 0 Å². The summed E-state index contributed by atoms with van der Waals surface area (Å²) >= 11 is 1.84. The van der Waals surface area contributed by atoms with E-state index in [4.69, 9.17) is 5.73 Å². The van der Waals surface area contributed by atoms with Gasteiger partial charge in [-0.3, -0.25) is 0 Å². The molecule has 1 aliphatic rings. The van der Waals surface area contributed by atoms with Gasteiger partial charge in [-0.1, -0.05) is 37.5 Å². The Morgan fingerprint density at radius 1 is 1.05 bits per heavy atom. The number of benzene rings is 1. The highest BCUT2D eigenvalue weighted by molar-refractivity contribution is 8.00. The van der Waals surface area contributed by atoms with Crippen LogP contribution in [0.25, 0.3) is 10.9 Å². The molecule has 0 aliphatic heterocycles. The smallest absolute Gasteiger partial charge is 0.117 e. The molecule has 0 saturated heterocycles. The van der Waals surface area contributed by atoms with Crippen LogP contribution in [0.15, 0.2) is 35.6 Å². The molecule has 2 unspecified atom stereocenters. The first kappa shape index (κ1) is 12.9. The van der Waals surface area contributed by atoms with Crippen molar-refractivity contribution in [3.63, 3.8) is 0 Å². The average Bonchev–Trinajstić information content (AvgIpc) is 2.65. The average molecular weight is 273 g/mol. The molecular formula is C15H19N3S. The first-order chi connectivity index (χ1) is 9.34. The Bertz CT molecular complexity index is 553. The van der Waals surface area contributed by atoms with Crippen molar-refractivity contribution in [1.29, 1.82) is 0 Å². The maximum atomic E-state index is 6.31. The topological polar surface area (TPSA) is 51.8 Å². The summed E-state index contributed by atoms with van der Waals surface area (Å²) in [7, 11) is 0. The lowest BCUT2D eigenvalue weighted by Crippen LogP contribution is -2.31. The third kappa shape index (κ3) is 2.90. The van der Waals surface area contributed by atoms with E-state index in [0.29, 0.717) is 11.3 Å². The van der Waals surface area contributed by atoms with Crippen LogP contribution < -0.4 is 5.73 Å². The number of aromatic nitrogens is 2. The molecule has 1 saturated carbocycles. The predicted molar refractivity (Wildman–Crippen MR) is 80.2 cm³/mol. The Kier molecular flexibility index (Phi) is 3.99. The van der Waals surface area contributed by atoms with E-state index in [1.54, 1.807) is 6.33 Å². The van der Waals surface area contributed by atoms with E-state index in [-0.39, 0.29) is 0 Å². The number of para-hydroxylation sites is 1. The fraction of sp³-hybridized carbons (Fsp3) is 0.467. The second kappa shape index (κ2) is 5.88. The zero-order chi connectivity index (χ0) is 13.1. The summed E-state index contributed by atoms with van der Waals surface area (Å²) in [5.74, 6) is 0. The van der Waals surface area contributed by atoms with E-state index in [0.717, 1.165) is 22.3 Å². The van der Waals surface area contributed by atoms with Crippen molar-refractivity contribution in [3.05, 3.63) is 30.6 Å². The largest absolute Gasteiger partial charge is 0.327 e. The summed E-state index contributed by atoms with van der Waals surface area (Å²) in [5.41, 5.74) is 7.32. The van der Waals surface area contributed by atoms with Crippen molar-refractivity contribution in [1.82, 2.24) is 9.97 Å². The standard InChI is InChI=1S/C15H19N3S/c16-12-7-2-1-3-9-14(12)19-15-11-6-4-5-8-13(11)17-10-18-15/h4-6,8,10,12,14H,1-3,7,9,16H2. The van der Waals surface area contributed by atoms with Gasteiger partial charge in [0.1, 0.15) is 11.4 Å². The normalized spacial score (nSPS) is 24.3. The van der Waals surface area contributed by atoms with Gasteiger partial charge in [-0.05, 0) is 18.9 Å². The SMILES string of the molecule is NC1CCCCCC1Sc1ncnc2ccccc12. The maximum Gasteiger partial charge on any atom is 0.117 e. The minimum atomic E-state index is 0.293. The molecule has 0 spiro atoms. The summed E-state index contributed by atoms with van der Waals surface area (Å²) in [6.07, 6.45) is 7.87. The van der Waals surface area contributed by atoms with Gasteiger partial charge in [0.2, 0.25) is 0 Å². The van der Waals surface area contributed by atoms with E-state index in [9.17, 15) is 0 Å². The van der Waals surface area contributed by atoms with Crippen molar-refractivity contribution in [2.45, 2.75) is 48.4 Å². The third-order valence-electron chi connectivity index (χ3n) is 3.77. The molecule has 0 amide bonds. The molecule has 1 aromatic heterocycles. The van der Waals surface area contributed by atoms with Gasteiger partial charge >= 0.3 is 0 Å². The second-order valence-corrected chi connectivity index (χ2v) is 6.38. The van der Waals surface area contributed by atoms with Gasteiger partial charge in [-0.25, -0.2) is 9.97 Å². The Balaban J connectivity index is 1.88. The predicted octanol–water partition coefficient (Wildman–Crippen LogP) is 3.38. The lowest BCUT2D eigenvalue weighted by molar-refractivity contribution is 0.596. The number of hydrogen-bond acceptors (Lipinski definition) is 4. The van der Waals surface area contributed by atoms with Gasteiger partial charge in [0.25, 0.3) is 0 Å². The summed E-state index contributed by atoms with van der Waals surface area (Å²) < 4.78 is 0. The number of nitrogens with two attached hydrogens (primary N) is 1. The van der Waals surface area contributed by atoms with E-state index < -0.39 is 0 Å². The van der Waals surface area contributed by atoms with E-state index in [2.05, 4.69) is 16.0 Å². The number of nitrogens with zero attached hydrogens (tertiary/aromatic N) is 2. The molecule has 1 heterocycles. The highest BCUT2D eigenvalue weighted by atomic mass is 32.2. The molecule has 1 aliphatic carbocycles. The quantitative estimate of drug-likeness (QED) is 0.673.